The lowest BCUT2D eigenvalue weighted by Crippen LogP contribution is -2.51. The van der Waals surface area contributed by atoms with Crippen molar-refractivity contribution in [1.82, 2.24) is 19.0 Å². The first-order valence-electron chi connectivity index (χ1n) is 14.6. The Hall–Kier alpha value is -4.69. The quantitative estimate of drug-likeness (QED) is 0.211. The van der Waals surface area contributed by atoms with Crippen LogP contribution in [0.5, 0.6) is 0 Å². The summed E-state index contributed by atoms with van der Waals surface area (Å²) in [7, 11) is 1.29. The highest BCUT2D eigenvalue weighted by Crippen LogP contribution is 2.33. The van der Waals surface area contributed by atoms with Crippen molar-refractivity contribution in [3.63, 3.8) is 0 Å². The molecule has 1 saturated heterocycles. The minimum absolute atomic E-state index is 0.122. The molecule has 1 aliphatic heterocycles. The summed E-state index contributed by atoms with van der Waals surface area (Å²) in [6.45, 7) is 2.71. The molecule has 1 atom stereocenters. The molecule has 10 nitrogen and oxygen atoms in total. The predicted molar refractivity (Wildman–Crippen MR) is 163 cm³/mol. The molecule has 14 heteroatoms. The zero-order chi connectivity index (χ0) is 33.2. The second-order valence-electron chi connectivity index (χ2n) is 11.2. The van der Waals surface area contributed by atoms with Crippen molar-refractivity contribution in [2.75, 3.05) is 38.2 Å². The molecule has 0 amide bonds. The number of benzene rings is 2. The third-order valence-corrected chi connectivity index (χ3v) is 8.24. The molecular formula is C32H34F4N6O4. The van der Waals surface area contributed by atoms with Crippen molar-refractivity contribution in [1.29, 1.82) is 0 Å². The summed E-state index contributed by atoms with van der Waals surface area (Å²) in [5.74, 6) is -1.60. The molecule has 244 valence electrons. The summed E-state index contributed by atoms with van der Waals surface area (Å²) in [5, 5.41) is 0. The van der Waals surface area contributed by atoms with E-state index in [4.69, 9.17) is 10.5 Å². The molecule has 3 N–H and O–H groups in total. The van der Waals surface area contributed by atoms with E-state index < -0.39 is 52.9 Å². The molecule has 0 unspecified atom stereocenters. The molecule has 4 aromatic rings. The van der Waals surface area contributed by atoms with Crippen LogP contribution < -0.4 is 21.9 Å². The van der Waals surface area contributed by atoms with E-state index in [1.165, 1.54) is 14.0 Å². The van der Waals surface area contributed by atoms with Crippen LogP contribution >= 0.6 is 0 Å². The minimum Gasteiger partial charge on any atom is -0.464 e. The van der Waals surface area contributed by atoms with Gasteiger partial charge in [-0.3, -0.25) is 18.8 Å². The number of ether oxygens (including phenoxy) is 1. The van der Waals surface area contributed by atoms with Gasteiger partial charge in [-0.1, -0.05) is 36.4 Å². The van der Waals surface area contributed by atoms with Crippen molar-refractivity contribution in [2.45, 2.75) is 38.8 Å². The average molecular weight is 643 g/mol. The fourth-order valence-electron chi connectivity index (χ4n) is 5.78. The number of aromatic amines is 1. The van der Waals surface area contributed by atoms with Crippen LogP contribution in [0.3, 0.4) is 0 Å². The monoisotopic (exact) mass is 642 g/mol. The Kier molecular flexibility index (Phi) is 9.49. The lowest BCUT2D eigenvalue weighted by atomic mass is 10.1. The lowest BCUT2D eigenvalue weighted by Gasteiger charge is -2.36. The Balaban J connectivity index is 1.50. The van der Waals surface area contributed by atoms with Gasteiger partial charge >= 0.3 is 17.8 Å². The van der Waals surface area contributed by atoms with Crippen LogP contribution in [0, 0.1) is 12.7 Å². The molecule has 5 rings (SSSR count). The molecule has 3 heterocycles. The molecule has 2 aromatic heterocycles. The van der Waals surface area contributed by atoms with Gasteiger partial charge in [-0.25, -0.2) is 14.0 Å². The van der Waals surface area contributed by atoms with Gasteiger partial charge in [0.1, 0.15) is 17.2 Å². The number of nitrogens with one attached hydrogen (secondary N) is 1. The number of H-pyrrole nitrogens is 1. The van der Waals surface area contributed by atoms with Crippen LogP contribution in [-0.4, -0.2) is 58.3 Å². The Bertz CT molecular complexity index is 1820. The van der Waals surface area contributed by atoms with Crippen molar-refractivity contribution in [3.8, 4) is 0 Å². The van der Waals surface area contributed by atoms with Gasteiger partial charge in [0.05, 0.1) is 25.8 Å². The highest BCUT2D eigenvalue weighted by atomic mass is 19.4. The van der Waals surface area contributed by atoms with E-state index in [1.807, 2.05) is 0 Å². The summed E-state index contributed by atoms with van der Waals surface area (Å²) in [5.41, 5.74) is 5.00. The maximum absolute atomic E-state index is 14.9. The van der Waals surface area contributed by atoms with Crippen LogP contribution in [0.25, 0.3) is 0 Å². The fraction of sp³-hybridized carbons (Fsp3) is 0.344. The number of rotatable bonds is 9. The Labute approximate surface area is 261 Å². The highest BCUT2D eigenvalue weighted by molar-refractivity contribution is 5.87. The number of halogens is 4. The number of aromatic nitrogens is 3. The molecule has 1 aliphatic rings. The fourth-order valence-corrected chi connectivity index (χ4v) is 5.78. The number of carbonyl (C=O) groups is 1. The van der Waals surface area contributed by atoms with Gasteiger partial charge in [-0.05, 0) is 36.8 Å². The van der Waals surface area contributed by atoms with Crippen LogP contribution in [0.1, 0.15) is 44.6 Å². The van der Waals surface area contributed by atoms with Gasteiger partial charge in [-0.15, -0.1) is 0 Å². The summed E-state index contributed by atoms with van der Waals surface area (Å²) < 4.78 is 63.3. The molecule has 0 aliphatic carbocycles. The first-order valence-corrected chi connectivity index (χ1v) is 14.6. The van der Waals surface area contributed by atoms with E-state index in [1.54, 1.807) is 47.4 Å². The maximum atomic E-state index is 14.9. The number of piperazine rings is 1. The Morgan fingerprint density at radius 3 is 2.30 bits per heavy atom. The second-order valence-corrected chi connectivity index (χ2v) is 11.2. The van der Waals surface area contributed by atoms with Gasteiger partial charge in [0.15, 0.2) is 0 Å². The van der Waals surface area contributed by atoms with Crippen molar-refractivity contribution < 1.29 is 27.1 Å². The normalized spacial score (nSPS) is 14.8. The number of alkyl halides is 3. The van der Waals surface area contributed by atoms with E-state index in [0.717, 1.165) is 33.0 Å². The number of hydrogen-bond donors (Lipinski definition) is 2. The highest BCUT2D eigenvalue weighted by Gasteiger charge is 2.35. The zero-order valence-electron chi connectivity index (χ0n) is 25.3. The van der Waals surface area contributed by atoms with E-state index in [9.17, 15) is 31.9 Å². The molecule has 0 bridgehead atoms. The largest absolute Gasteiger partial charge is 0.464 e. The molecule has 0 saturated carbocycles. The van der Waals surface area contributed by atoms with Crippen LogP contribution in [0.2, 0.25) is 0 Å². The predicted octanol–water partition coefficient (Wildman–Crippen LogP) is 3.66. The summed E-state index contributed by atoms with van der Waals surface area (Å²) in [6.07, 6.45) is -4.87. The van der Waals surface area contributed by atoms with Crippen molar-refractivity contribution >= 4 is 11.7 Å². The number of carbonyl (C=O) groups excluding carboxylic acids is 1. The summed E-state index contributed by atoms with van der Waals surface area (Å²) in [6, 6.07) is 14.1. The number of esters is 1. The molecule has 1 fully saturated rings. The topological polar surface area (TPSA) is 119 Å². The Morgan fingerprint density at radius 1 is 0.957 bits per heavy atom. The summed E-state index contributed by atoms with van der Waals surface area (Å²) >= 11 is 0. The third kappa shape index (κ3) is 6.77. The van der Waals surface area contributed by atoms with Crippen LogP contribution in [-0.2, 0) is 30.5 Å². The van der Waals surface area contributed by atoms with Crippen molar-refractivity contribution in [2.24, 2.45) is 5.73 Å². The molecule has 0 spiro atoms. The SMILES string of the molecule is COC(=O)c1ccc(CN2CCN(c3c(C)n(Cc4c(F)cccc4C(F)(F)F)c(=O)n(C[C@H](N)c4ccccc4)c3=O)CC2)[nH]1. The maximum Gasteiger partial charge on any atom is 0.416 e. The number of nitrogens with zero attached hydrogens (tertiary/aromatic N) is 4. The molecule has 0 radical (unpaired) electrons. The Morgan fingerprint density at radius 2 is 1.65 bits per heavy atom. The van der Waals surface area contributed by atoms with Gasteiger partial charge in [0, 0.05) is 55.7 Å². The van der Waals surface area contributed by atoms with E-state index >= 15 is 0 Å². The smallest absolute Gasteiger partial charge is 0.416 e. The van der Waals surface area contributed by atoms with Crippen molar-refractivity contribution in [3.05, 3.63) is 121 Å². The van der Waals surface area contributed by atoms with Gasteiger partial charge < -0.3 is 20.4 Å². The zero-order valence-corrected chi connectivity index (χ0v) is 25.3. The van der Waals surface area contributed by atoms with E-state index in [-0.39, 0.29) is 17.9 Å². The number of anilines is 1. The van der Waals surface area contributed by atoms with E-state index in [2.05, 4.69) is 9.88 Å². The molecule has 46 heavy (non-hydrogen) atoms. The minimum atomic E-state index is -4.87. The number of methoxy groups -OCH3 is 1. The first-order chi connectivity index (χ1) is 21.9. The summed E-state index contributed by atoms with van der Waals surface area (Å²) in [4.78, 5) is 46.5. The second kappa shape index (κ2) is 13.3. The van der Waals surface area contributed by atoms with Gasteiger partial charge in [0.25, 0.3) is 5.56 Å². The van der Waals surface area contributed by atoms with Gasteiger partial charge in [-0.2, -0.15) is 13.2 Å². The van der Waals surface area contributed by atoms with E-state index in [0.29, 0.717) is 44.0 Å². The first kappa shape index (κ1) is 32.7. The standard InChI is InChI=1S/C32H34F4N6O4/c1-20-28(40-15-13-39(14-16-40)17-22-11-12-27(38-22)30(44)46-2)29(43)42(19-26(37)21-7-4-3-5-8-21)31(45)41(20)18-23-24(32(34,35)36)9-6-10-25(23)33/h3-12,26,38H,13-19,37H2,1-2H3/t26-/m0/s1. The van der Waals surface area contributed by atoms with Gasteiger partial charge in [0.2, 0.25) is 0 Å². The molecule has 2 aromatic carbocycles. The lowest BCUT2D eigenvalue weighted by molar-refractivity contribution is -0.138. The average Bonchev–Trinajstić information content (AvgIpc) is 3.50. The number of hydrogen-bond acceptors (Lipinski definition) is 7. The number of nitrogens with two attached hydrogens (primary N) is 1. The third-order valence-electron chi connectivity index (χ3n) is 8.24. The van der Waals surface area contributed by atoms with Crippen LogP contribution in [0.15, 0.2) is 70.3 Å². The molecular weight excluding hydrogens is 608 g/mol. The van der Waals surface area contributed by atoms with Crippen LogP contribution in [0.4, 0.5) is 23.2 Å².